The maximum atomic E-state index is 11.8. The van der Waals surface area contributed by atoms with Crippen molar-refractivity contribution in [1.82, 2.24) is 15.6 Å². The minimum atomic E-state index is -0.132. The van der Waals surface area contributed by atoms with Gasteiger partial charge in [-0.25, -0.2) is 4.98 Å². The Morgan fingerprint density at radius 2 is 1.92 bits per heavy atom. The van der Waals surface area contributed by atoms with E-state index in [1.807, 2.05) is 35.7 Å². The highest BCUT2D eigenvalue weighted by molar-refractivity contribution is 7.18. The van der Waals surface area contributed by atoms with Gasteiger partial charge in [0.15, 0.2) is 0 Å². The summed E-state index contributed by atoms with van der Waals surface area (Å²) in [5.41, 5.74) is 1.00. The monoisotopic (exact) mass is 359 g/mol. The smallest absolute Gasteiger partial charge is 0.261 e. The largest absolute Gasteiger partial charge is 0.356 e. The van der Waals surface area contributed by atoms with Gasteiger partial charge in [0.2, 0.25) is 5.91 Å². The van der Waals surface area contributed by atoms with Crippen molar-refractivity contribution in [3.63, 3.8) is 0 Å². The zero-order chi connectivity index (χ0) is 16.8. The molecule has 0 unspecified atom stereocenters. The van der Waals surface area contributed by atoms with Crippen LogP contribution in [0.4, 0.5) is 0 Å². The van der Waals surface area contributed by atoms with Crippen molar-refractivity contribution in [3.05, 3.63) is 51.7 Å². The highest BCUT2D eigenvalue weighted by Gasteiger charge is 2.08. The zero-order valence-corrected chi connectivity index (χ0v) is 14.6. The Labute approximate surface area is 147 Å². The normalized spacial score (nSPS) is 10.7. The molecule has 2 N–H and O–H groups in total. The molecule has 2 aromatic heterocycles. The average Bonchev–Trinajstić information content (AvgIpc) is 3.24. The van der Waals surface area contributed by atoms with Crippen LogP contribution in [0.3, 0.4) is 0 Å². The van der Waals surface area contributed by atoms with Crippen molar-refractivity contribution < 1.29 is 9.59 Å². The minimum absolute atomic E-state index is 0.0670. The molecule has 0 saturated carbocycles. The van der Waals surface area contributed by atoms with Gasteiger partial charge in [-0.05, 0) is 23.6 Å². The summed E-state index contributed by atoms with van der Waals surface area (Å²) < 4.78 is 1.16. The number of carbonyl (C=O) groups excluding carboxylic acids is 2. The maximum Gasteiger partial charge on any atom is 0.261 e. The molecule has 3 rings (SSSR count). The van der Waals surface area contributed by atoms with E-state index >= 15 is 0 Å². The number of hydrogen-bond donors (Lipinski definition) is 2. The molecule has 124 valence electrons. The number of fused-ring (bicyclic) bond motifs is 1. The Morgan fingerprint density at radius 3 is 2.71 bits per heavy atom. The summed E-state index contributed by atoms with van der Waals surface area (Å²) in [6.07, 6.45) is 0.990. The van der Waals surface area contributed by atoms with E-state index in [-0.39, 0.29) is 18.2 Å². The third-order valence-electron chi connectivity index (χ3n) is 3.38. The molecule has 0 aliphatic heterocycles. The number of thiazole rings is 1. The van der Waals surface area contributed by atoms with Gasteiger partial charge in [-0.1, -0.05) is 18.2 Å². The van der Waals surface area contributed by atoms with Crippen LogP contribution in [0, 0.1) is 0 Å². The molecular weight excluding hydrogens is 342 g/mol. The van der Waals surface area contributed by atoms with Crippen LogP contribution in [0.25, 0.3) is 10.2 Å². The van der Waals surface area contributed by atoms with Crippen LogP contribution in [-0.2, 0) is 11.2 Å². The third-order valence-corrected chi connectivity index (χ3v) is 5.35. The summed E-state index contributed by atoms with van der Waals surface area (Å²) >= 11 is 3.04. The van der Waals surface area contributed by atoms with Gasteiger partial charge >= 0.3 is 0 Å². The molecule has 0 spiro atoms. The lowest BCUT2D eigenvalue weighted by atomic mass is 10.3. The highest BCUT2D eigenvalue weighted by atomic mass is 32.1. The van der Waals surface area contributed by atoms with E-state index in [0.29, 0.717) is 24.4 Å². The van der Waals surface area contributed by atoms with Crippen LogP contribution in [0.5, 0.6) is 0 Å². The fraction of sp³-hybridized carbons (Fsp3) is 0.235. The number of nitrogens with zero attached hydrogens (tertiary/aromatic N) is 1. The second kappa shape index (κ2) is 8.03. The number of nitrogens with one attached hydrogen (secondary N) is 2. The number of aromatic nitrogens is 1. The summed E-state index contributed by atoms with van der Waals surface area (Å²) in [6, 6.07) is 11.6. The van der Waals surface area contributed by atoms with Crippen molar-refractivity contribution in [3.8, 4) is 0 Å². The van der Waals surface area contributed by atoms with E-state index in [1.165, 1.54) is 11.3 Å². The zero-order valence-electron chi connectivity index (χ0n) is 13.0. The van der Waals surface area contributed by atoms with Crippen LogP contribution in [-0.4, -0.2) is 29.9 Å². The van der Waals surface area contributed by atoms with Crippen molar-refractivity contribution in [1.29, 1.82) is 0 Å². The van der Waals surface area contributed by atoms with E-state index in [4.69, 9.17) is 0 Å². The predicted molar refractivity (Wildman–Crippen MR) is 97.6 cm³/mol. The van der Waals surface area contributed by atoms with Crippen LogP contribution in [0.15, 0.2) is 41.8 Å². The van der Waals surface area contributed by atoms with Crippen LogP contribution in [0.2, 0.25) is 0 Å². The van der Waals surface area contributed by atoms with Crippen molar-refractivity contribution in [2.75, 3.05) is 13.1 Å². The maximum absolute atomic E-state index is 11.8. The quantitative estimate of drug-likeness (QED) is 0.681. The Hall–Kier alpha value is -2.25. The highest BCUT2D eigenvalue weighted by Crippen LogP contribution is 2.21. The first kappa shape index (κ1) is 16.6. The van der Waals surface area contributed by atoms with E-state index in [0.717, 1.165) is 15.2 Å². The van der Waals surface area contributed by atoms with Gasteiger partial charge < -0.3 is 10.6 Å². The van der Waals surface area contributed by atoms with Gasteiger partial charge in [-0.15, -0.1) is 22.7 Å². The first-order valence-electron chi connectivity index (χ1n) is 7.65. The van der Waals surface area contributed by atoms with Crippen molar-refractivity contribution in [2.45, 2.75) is 12.8 Å². The predicted octanol–water partition coefficient (Wildman–Crippen LogP) is 2.84. The summed E-state index contributed by atoms with van der Waals surface area (Å²) in [7, 11) is 0. The van der Waals surface area contributed by atoms with Gasteiger partial charge in [0.05, 0.1) is 20.1 Å². The molecule has 5 nitrogen and oxygen atoms in total. The molecule has 2 amide bonds. The summed E-state index contributed by atoms with van der Waals surface area (Å²) in [4.78, 5) is 28.7. The molecule has 0 saturated heterocycles. The first-order chi connectivity index (χ1) is 11.7. The Bertz CT molecular complexity index is 794. The fourth-order valence-electron chi connectivity index (χ4n) is 2.21. The Morgan fingerprint density at radius 1 is 1.04 bits per heavy atom. The molecule has 7 heteroatoms. The lowest BCUT2D eigenvalue weighted by Gasteiger charge is -2.05. The summed E-state index contributed by atoms with van der Waals surface area (Å²) in [6.45, 7) is 0.890. The SMILES string of the molecule is O=C(CCNC(=O)c1cccs1)NCCc1nc2ccccc2s1. The fourth-order valence-corrected chi connectivity index (χ4v) is 3.82. The van der Waals surface area contributed by atoms with Crippen LogP contribution >= 0.6 is 22.7 Å². The molecular formula is C17H17N3O2S2. The third kappa shape index (κ3) is 4.39. The molecule has 0 aliphatic carbocycles. The summed E-state index contributed by atoms with van der Waals surface area (Å²) in [5.74, 6) is -0.199. The summed E-state index contributed by atoms with van der Waals surface area (Å²) in [5, 5.41) is 8.47. The number of carbonyl (C=O) groups is 2. The van der Waals surface area contributed by atoms with Gasteiger partial charge in [-0.2, -0.15) is 0 Å². The molecule has 0 radical (unpaired) electrons. The van der Waals surface area contributed by atoms with Gasteiger partial charge in [-0.3, -0.25) is 9.59 Å². The standard InChI is InChI=1S/C17H17N3O2S2/c21-15(7-9-19-17(22)14-6-3-11-23-14)18-10-8-16-20-12-4-1-2-5-13(12)24-16/h1-6,11H,7-10H2,(H,18,21)(H,19,22). The van der Waals surface area contributed by atoms with Crippen LogP contribution in [0.1, 0.15) is 21.1 Å². The molecule has 2 heterocycles. The van der Waals surface area contributed by atoms with Crippen molar-refractivity contribution >= 4 is 44.7 Å². The van der Waals surface area contributed by atoms with Gasteiger partial charge in [0.1, 0.15) is 0 Å². The molecule has 0 aliphatic rings. The Kier molecular flexibility index (Phi) is 5.55. The van der Waals surface area contributed by atoms with E-state index in [1.54, 1.807) is 17.4 Å². The minimum Gasteiger partial charge on any atom is -0.356 e. The molecule has 24 heavy (non-hydrogen) atoms. The molecule has 0 bridgehead atoms. The topological polar surface area (TPSA) is 71.1 Å². The van der Waals surface area contributed by atoms with Crippen molar-refractivity contribution in [2.24, 2.45) is 0 Å². The van der Waals surface area contributed by atoms with E-state index < -0.39 is 0 Å². The van der Waals surface area contributed by atoms with Gasteiger partial charge in [0.25, 0.3) is 5.91 Å². The number of amides is 2. The lowest BCUT2D eigenvalue weighted by Crippen LogP contribution is -2.31. The first-order valence-corrected chi connectivity index (χ1v) is 9.35. The second-order valence-electron chi connectivity index (χ2n) is 5.16. The molecule has 3 aromatic rings. The Balaban J connectivity index is 1.36. The number of para-hydroxylation sites is 1. The average molecular weight is 359 g/mol. The molecule has 0 atom stereocenters. The number of benzene rings is 1. The van der Waals surface area contributed by atoms with E-state index in [2.05, 4.69) is 15.6 Å². The van der Waals surface area contributed by atoms with Crippen LogP contribution < -0.4 is 10.6 Å². The number of rotatable bonds is 7. The molecule has 0 fully saturated rings. The van der Waals surface area contributed by atoms with E-state index in [9.17, 15) is 9.59 Å². The second-order valence-corrected chi connectivity index (χ2v) is 7.22. The molecule has 1 aromatic carbocycles. The lowest BCUT2D eigenvalue weighted by molar-refractivity contribution is -0.120. The van der Waals surface area contributed by atoms with Gasteiger partial charge in [0, 0.05) is 25.9 Å². The number of thiophene rings is 1. The number of hydrogen-bond acceptors (Lipinski definition) is 5.